The zero-order chi connectivity index (χ0) is 99.2. The zero-order valence-electron chi connectivity index (χ0n) is 75.5. The average Bonchev–Trinajstić information content (AvgIpc) is 1.75. The van der Waals surface area contributed by atoms with Gasteiger partial charge in [0.05, 0.1) is 176 Å². The van der Waals surface area contributed by atoms with Gasteiger partial charge >= 0.3 is 5.97 Å². The highest BCUT2D eigenvalue weighted by Gasteiger charge is 2.26. The van der Waals surface area contributed by atoms with Crippen molar-refractivity contribution in [1.82, 2.24) is 44.0 Å². The first-order chi connectivity index (χ1) is 65.7. The molecule has 0 bridgehead atoms. The summed E-state index contributed by atoms with van der Waals surface area (Å²) < 4.78 is 56.2. The molecule has 3 N–H and O–H groups in total. The minimum atomic E-state index is -1.29. The van der Waals surface area contributed by atoms with Gasteiger partial charge in [0, 0.05) is 100 Å². The highest BCUT2D eigenvalue weighted by atomic mass is 79.9. The number of nitrogens with two attached hydrogens (primary N) is 1. The van der Waals surface area contributed by atoms with Crippen molar-refractivity contribution in [2.75, 3.05) is 55.5 Å². The number of fused-ring (bicyclic) bond motifs is 5. The van der Waals surface area contributed by atoms with E-state index in [1.165, 1.54) is 22.3 Å². The van der Waals surface area contributed by atoms with Crippen LogP contribution in [0, 0.1) is 27.7 Å². The monoisotopic (exact) mass is 2190 g/mol. The van der Waals surface area contributed by atoms with Gasteiger partial charge in [-0.15, -0.1) is 0 Å². The fourth-order valence-corrected chi connectivity index (χ4v) is 17.1. The lowest BCUT2D eigenvalue weighted by Gasteiger charge is -2.15. The van der Waals surface area contributed by atoms with Crippen LogP contribution in [0.15, 0.2) is 246 Å². The largest absolute Gasteiger partial charge is 0.496 e. The number of rotatable bonds is 22. The van der Waals surface area contributed by atoms with Crippen molar-refractivity contribution in [3.63, 3.8) is 0 Å². The second-order valence-electron chi connectivity index (χ2n) is 30.0. The van der Waals surface area contributed by atoms with Crippen LogP contribution in [-0.4, -0.2) is 142 Å². The summed E-state index contributed by atoms with van der Waals surface area (Å²) in [4.78, 5) is 134. The van der Waals surface area contributed by atoms with Crippen LogP contribution in [0.4, 0.5) is 5.69 Å². The molecular weight excluding hydrogens is 2110 g/mol. The van der Waals surface area contributed by atoms with E-state index in [9.17, 15) is 53.1 Å². The quantitative estimate of drug-likeness (QED) is 0.0275. The van der Waals surface area contributed by atoms with E-state index >= 15 is 0 Å². The molecular formula is C101H86Br5ClN10O20. The Labute approximate surface area is 830 Å². The summed E-state index contributed by atoms with van der Waals surface area (Å²) in [7, 11) is 11.0. The highest BCUT2D eigenvalue weighted by Crippen LogP contribution is 2.42. The van der Waals surface area contributed by atoms with E-state index in [4.69, 9.17) is 59.5 Å². The average molecular weight is 2190 g/mol. The molecule has 0 fully saturated rings. The van der Waals surface area contributed by atoms with Gasteiger partial charge in [-0.1, -0.05) is 46.2 Å². The molecule has 0 unspecified atom stereocenters. The van der Waals surface area contributed by atoms with Crippen molar-refractivity contribution in [2.45, 2.75) is 67.1 Å². The molecule has 702 valence electrons. The van der Waals surface area contributed by atoms with Gasteiger partial charge in [0.1, 0.15) is 68.3 Å². The Bertz CT molecular complexity index is 7460. The molecule has 16 aromatic rings. The fourth-order valence-electron chi connectivity index (χ4n) is 14.5. The number of carbonyl (C=O) groups is 7. The predicted molar refractivity (Wildman–Crippen MR) is 540 cm³/mol. The van der Waals surface area contributed by atoms with Crippen LogP contribution in [0.1, 0.15) is 105 Å². The minimum Gasteiger partial charge on any atom is -0.496 e. The number of ketones is 2. The van der Waals surface area contributed by atoms with Gasteiger partial charge in [-0.05, 0) is 258 Å². The van der Waals surface area contributed by atoms with Crippen LogP contribution < -0.4 is 55.6 Å². The Morgan fingerprint density at radius 1 is 0.460 bits per heavy atom. The van der Waals surface area contributed by atoms with Crippen molar-refractivity contribution in [1.29, 1.82) is 0 Å². The number of aromatic carboxylic acids is 1. The van der Waals surface area contributed by atoms with Crippen LogP contribution in [0.3, 0.4) is 0 Å². The van der Waals surface area contributed by atoms with Crippen LogP contribution in [0.5, 0.6) is 40.2 Å². The lowest BCUT2D eigenvalue weighted by molar-refractivity contribution is -0.117. The summed E-state index contributed by atoms with van der Waals surface area (Å²) in [5.74, 6) is 4.62. The summed E-state index contributed by atoms with van der Waals surface area (Å²) in [6.45, 7) is 9.53. The summed E-state index contributed by atoms with van der Waals surface area (Å²) in [6.07, 6.45) is 9.73. The van der Waals surface area contributed by atoms with Crippen LogP contribution in [-0.2, 0) is 46.9 Å². The Balaban J connectivity index is 0.000000158. The molecule has 7 aromatic carbocycles. The third-order valence-electron chi connectivity index (χ3n) is 21.0. The van der Waals surface area contributed by atoms with E-state index in [2.05, 4.69) is 110 Å². The molecule has 17 rings (SSSR count). The number of aryl methyl sites for hydroxylation is 4. The third kappa shape index (κ3) is 25.1. The van der Waals surface area contributed by atoms with Gasteiger partial charge in [-0.25, -0.2) is 9.78 Å². The van der Waals surface area contributed by atoms with Crippen molar-refractivity contribution < 1.29 is 80.9 Å². The number of methoxy groups -OCH3 is 7. The summed E-state index contributed by atoms with van der Waals surface area (Å²) in [5.41, 5.74) is 17.3. The molecule has 9 heterocycles. The molecule has 0 saturated heterocycles. The van der Waals surface area contributed by atoms with Crippen LogP contribution in [0.2, 0.25) is 5.15 Å². The molecule has 36 heteroatoms. The van der Waals surface area contributed by atoms with Crippen molar-refractivity contribution >= 4 is 189 Å². The first-order valence-corrected chi connectivity index (χ1v) is 45.5. The van der Waals surface area contributed by atoms with E-state index in [-0.39, 0.29) is 76.2 Å². The number of nitrogen functional groups attached to an aromatic ring is 1. The van der Waals surface area contributed by atoms with Gasteiger partial charge in [0.25, 0.3) is 16.7 Å². The SMILES string of the molecule is COc1cc(CC(C)=O)ccc1Br.COc1cc(N)ccc1Br.COc1cc2c(cc1-c1c(C)noc1C)cc(C(=O)O)c(=O)n2Cc1ccccn1.COc1cc2c(cc1-c1c(C)noc1C)cc(C=O)c(=O)n2Cc1ccccn1.COc1cc2c(cc1Br)C=C(C=O)C(=O)C2.COc1cc2c(cc1Br)cc(C=O)c(=O)n2Cc1ccccn1.COc1cc2nc(Cl)c(C=O)cc2cc1Br. The molecule has 137 heavy (non-hydrogen) atoms. The first-order valence-electron chi connectivity index (χ1n) is 41.1. The number of hydrogen-bond acceptors (Lipinski definition) is 26. The number of aromatic nitrogens is 9. The number of benzene rings is 7. The summed E-state index contributed by atoms with van der Waals surface area (Å²) in [5, 5.41) is 20.7. The predicted octanol–water partition coefficient (Wildman–Crippen LogP) is 20.3. The highest BCUT2D eigenvalue weighted by molar-refractivity contribution is 9.11. The second-order valence-corrected chi connectivity index (χ2v) is 34.6. The molecule has 0 saturated carbocycles. The van der Waals surface area contributed by atoms with Gasteiger partial charge in [0.15, 0.2) is 30.9 Å². The van der Waals surface area contributed by atoms with E-state index in [0.717, 1.165) is 94.8 Å². The molecule has 0 aliphatic heterocycles. The molecule has 0 atom stereocenters. The van der Waals surface area contributed by atoms with Crippen molar-refractivity contribution in [2.24, 2.45) is 0 Å². The normalized spacial score (nSPS) is 11.0. The van der Waals surface area contributed by atoms with E-state index in [0.29, 0.717) is 133 Å². The topological polar surface area (TPSA) is 400 Å². The Morgan fingerprint density at radius 2 is 0.869 bits per heavy atom. The first kappa shape index (κ1) is 103. The number of carboxylic acids is 1. The number of nitrogens with zero attached hydrogens (tertiary/aromatic N) is 9. The standard InChI is InChI=1S/C22H19N3O5.C22H19N3O4.C17H13BrN2O3.C12H9BrO3.C11H7BrClNO2.C10H11BrO2.C7H8BrNO/c1-12-20(13(2)30-24-12)16-8-14-9-17(22(27)28)21(26)25(18(14)10-19(16)29-3)11-15-6-4-5-7-23-15;1-13-21(14(2)29-24-13)18-9-15-8-16(12-26)22(27)25(19(15)10-20(18)28-3)11-17-6-4-5-7-23-17;1-23-16-8-15-11(7-14(16)18)6-12(10-21)17(22)20(15)9-13-4-2-3-5-19-13;1-16-12-5-8-4-11(15)9(6-14)2-7(8)3-10(12)13;1-16-10-4-9-6(3-8(10)12)2-7(5-15)11(13)14-9;1-7(12)5-8-3-4-9(11)10(6-8)13-2;1-10-7-4-5(9)2-3-6(7)8/h4-10H,11H2,1-3H3,(H,27,28);4-10,12H,11H2,1-3H3;2-8,10H,9H2,1H3;2-3,5-6H,4H2,1H3;2-5H,1H3;3-4,6H,5H2,1-2H3;2-4H,9H2,1H3. The molecule has 0 spiro atoms. The second kappa shape index (κ2) is 47.8. The fraction of sp³-hybridized carbons (Fsp3) is 0.168. The zero-order valence-corrected chi connectivity index (χ0v) is 84.2. The maximum Gasteiger partial charge on any atom is 0.341 e. The number of halogens is 6. The number of carbonyl (C=O) groups excluding carboxylic acids is 6. The smallest absolute Gasteiger partial charge is 0.341 e. The van der Waals surface area contributed by atoms with Gasteiger partial charge in [-0.2, -0.15) is 0 Å². The molecule has 0 amide bonds. The number of pyridine rings is 7. The van der Waals surface area contributed by atoms with Gasteiger partial charge in [-0.3, -0.25) is 58.1 Å². The Morgan fingerprint density at radius 3 is 1.29 bits per heavy atom. The van der Waals surface area contributed by atoms with E-state index < -0.39 is 11.5 Å². The number of anilines is 1. The minimum absolute atomic E-state index is 0.0864. The van der Waals surface area contributed by atoms with Crippen molar-refractivity contribution in [3.05, 3.63) is 338 Å². The number of hydrogen-bond donors (Lipinski definition) is 2. The van der Waals surface area contributed by atoms with E-state index in [1.54, 1.807) is 152 Å². The molecule has 30 nitrogen and oxygen atoms in total. The lowest BCUT2D eigenvalue weighted by Crippen LogP contribution is -2.27. The molecule has 1 aliphatic carbocycles. The number of allylic oxidation sites excluding steroid dienone is 1. The van der Waals surface area contributed by atoms with Crippen LogP contribution >= 0.6 is 91.3 Å². The third-order valence-corrected chi connectivity index (χ3v) is 24.5. The molecule has 0 radical (unpaired) electrons. The number of carboxylic acid groups (broad SMARTS) is 1. The lowest BCUT2D eigenvalue weighted by atomic mass is 9.91. The Kier molecular flexibility index (Phi) is 36.0. The van der Waals surface area contributed by atoms with Gasteiger partial charge < -0.3 is 66.7 Å². The Hall–Kier alpha value is -14.2. The number of aldehydes is 4. The van der Waals surface area contributed by atoms with Crippen LogP contribution in [0.25, 0.3) is 71.9 Å². The summed E-state index contributed by atoms with van der Waals surface area (Å²) in [6, 6.07) is 51.8. The molecule has 1 aliphatic rings. The summed E-state index contributed by atoms with van der Waals surface area (Å²) >= 11 is 22.7. The maximum atomic E-state index is 12.9. The molecule has 9 aromatic heterocycles. The van der Waals surface area contributed by atoms with E-state index in [1.807, 2.05) is 124 Å². The number of Topliss-reactive ketones (excluding diaryl/α,β-unsaturated/α-hetero) is 2. The maximum absolute atomic E-state index is 12.9. The van der Waals surface area contributed by atoms with Crippen molar-refractivity contribution in [3.8, 4) is 62.5 Å². The number of ether oxygens (including phenoxy) is 7. The van der Waals surface area contributed by atoms with Gasteiger partial charge in [0.2, 0.25) is 0 Å².